The van der Waals surface area contributed by atoms with E-state index < -0.39 is 0 Å². The van der Waals surface area contributed by atoms with Gasteiger partial charge in [0, 0.05) is 5.02 Å². The predicted molar refractivity (Wildman–Crippen MR) is 88.4 cm³/mol. The summed E-state index contributed by atoms with van der Waals surface area (Å²) in [5, 5.41) is 3.20. The summed E-state index contributed by atoms with van der Waals surface area (Å²) in [4.78, 5) is 0. The molecule has 0 spiro atoms. The Kier molecular flexibility index (Phi) is 3.75. The first-order valence-corrected chi connectivity index (χ1v) is 7.43. The zero-order valence-corrected chi connectivity index (χ0v) is 12.3. The van der Waals surface area contributed by atoms with Gasteiger partial charge >= 0.3 is 0 Å². The highest BCUT2D eigenvalue weighted by Gasteiger charge is 2.01. The quantitative estimate of drug-likeness (QED) is 0.543. The van der Waals surface area contributed by atoms with Gasteiger partial charge < -0.3 is 0 Å². The molecule has 1 heteroatoms. The van der Waals surface area contributed by atoms with Crippen LogP contribution in [0.3, 0.4) is 0 Å². The number of benzene rings is 3. The first kappa shape index (κ1) is 13.2. The van der Waals surface area contributed by atoms with Gasteiger partial charge in [-0.3, -0.25) is 0 Å². The third-order valence-corrected chi connectivity index (χ3v) is 3.86. The molecule has 0 aliphatic rings. The van der Waals surface area contributed by atoms with Crippen molar-refractivity contribution in [3.8, 4) is 11.1 Å². The van der Waals surface area contributed by atoms with E-state index in [2.05, 4.69) is 55.5 Å². The molecule has 0 bridgehead atoms. The van der Waals surface area contributed by atoms with Crippen molar-refractivity contribution in [1.82, 2.24) is 0 Å². The zero-order chi connectivity index (χ0) is 13.9. The van der Waals surface area contributed by atoms with Crippen LogP contribution >= 0.6 is 11.6 Å². The Morgan fingerprint density at radius 3 is 2.20 bits per heavy atom. The number of halogens is 1. The molecular formula is C19H17Cl. The van der Waals surface area contributed by atoms with Crippen LogP contribution in [0.15, 0.2) is 60.7 Å². The maximum atomic E-state index is 6.07. The van der Waals surface area contributed by atoms with E-state index in [1.807, 2.05) is 12.1 Å². The fraction of sp³-hybridized carbons (Fsp3) is 0.158. The second-order valence-electron chi connectivity index (χ2n) is 5.15. The average Bonchev–Trinajstić information content (AvgIpc) is 2.47. The van der Waals surface area contributed by atoms with Crippen molar-refractivity contribution in [2.75, 3.05) is 0 Å². The molecule has 0 aliphatic carbocycles. The molecule has 0 aromatic heterocycles. The summed E-state index contributed by atoms with van der Waals surface area (Å²) in [5.41, 5.74) is 3.90. The normalized spacial score (nSPS) is 10.9. The van der Waals surface area contributed by atoms with Gasteiger partial charge in [0.25, 0.3) is 0 Å². The monoisotopic (exact) mass is 280 g/mol. The Hall–Kier alpha value is -1.79. The number of fused-ring (bicyclic) bond motifs is 1. The summed E-state index contributed by atoms with van der Waals surface area (Å²) in [5.74, 6) is 0. The highest BCUT2D eigenvalue weighted by atomic mass is 35.5. The van der Waals surface area contributed by atoms with Crippen molar-refractivity contribution < 1.29 is 0 Å². The molecule has 100 valence electrons. The molecule has 0 radical (unpaired) electrons. The van der Waals surface area contributed by atoms with Crippen molar-refractivity contribution in [2.24, 2.45) is 0 Å². The van der Waals surface area contributed by atoms with Gasteiger partial charge in [-0.1, -0.05) is 67.4 Å². The van der Waals surface area contributed by atoms with Gasteiger partial charge in [0.15, 0.2) is 0 Å². The molecule has 0 saturated carbocycles. The summed E-state index contributed by atoms with van der Waals surface area (Å²) in [6.45, 7) is 2.21. The smallest absolute Gasteiger partial charge is 0.0412 e. The lowest BCUT2D eigenvalue weighted by molar-refractivity contribution is 0.922. The van der Waals surface area contributed by atoms with Gasteiger partial charge in [-0.2, -0.15) is 0 Å². The Morgan fingerprint density at radius 1 is 0.750 bits per heavy atom. The fourth-order valence-corrected chi connectivity index (χ4v) is 2.73. The molecule has 3 aromatic rings. The molecule has 0 N–H and O–H groups in total. The van der Waals surface area contributed by atoms with Gasteiger partial charge in [-0.25, -0.2) is 0 Å². The van der Waals surface area contributed by atoms with E-state index in [4.69, 9.17) is 11.6 Å². The Labute approximate surface area is 125 Å². The molecule has 3 aromatic carbocycles. The first-order chi connectivity index (χ1) is 9.76. The molecule has 3 rings (SSSR count). The van der Waals surface area contributed by atoms with Gasteiger partial charge in [-0.15, -0.1) is 0 Å². The van der Waals surface area contributed by atoms with Crippen LogP contribution in [-0.2, 0) is 6.42 Å². The fourth-order valence-electron chi connectivity index (χ4n) is 2.55. The second kappa shape index (κ2) is 5.68. The highest BCUT2D eigenvalue weighted by molar-refractivity contribution is 6.31. The van der Waals surface area contributed by atoms with E-state index in [1.165, 1.54) is 33.9 Å². The van der Waals surface area contributed by atoms with Gasteiger partial charge in [0.2, 0.25) is 0 Å². The largest absolute Gasteiger partial charge is 0.0843 e. The average molecular weight is 281 g/mol. The topological polar surface area (TPSA) is 0 Å². The van der Waals surface area contributed by atoms with Crippen LogP contribution in [0.1, 0.15) is 18.9 Å². The number of hydrogen-bond acceptors (Lipinski definition) is 0. The Morgan fingerprint density at radius 2 is 1.45 bits per heavy atom. The molecule has 20 heavy (non-hydrogen) atoms. The van der Waals surface area contributed by atoms with Gasteiger partial charge in [-0.05, 0) is 52.1 Å². The van der Waals surface area contributed by atoms with Crippen LogP contribution < -0.4 is 0 Å². The molecule has 0 saturated heterocycles. The minimum atomic E-state index is 0.785. The minimum Gasteiger partial charge on any atom is -0.0843 e. The second-order valence-corrected chi connectivity index (χ2v) is 5.59. The number of aryl methyl sites for hydroxylation is 1. The van der Waals surface area contributed by atoms with E-state index in [9.17, 15) is 0 Å². The molecule has 0 amide bonds. The maximum Gasteiger partial charge on any atom is 0.0412 e. The van der Waals surface area contributed by atoms with Crippen LogP contribution in [-0.4, -0.2) is 0 Å². The molecule has 0 heterocycles. The standard InChI is InChI=1S/C19H17Cl/c1-2-3-14-4-6-15(7-5-14)17-9-8-16-10-11-19(20)13-18(16)12-17/h4-13H,2-3H2,1H3. The van der Waals surface area contributed by atoms with E-state index in [0.29, 0.717) is 0 Å². The lowest BCUT2D eigenvalue weighted by Gasteiger charge is -2.06. The van der Waals surface area contributed by atoms with Crippen LogP contribution in [0.2, 0.25) is 5.02 Å². The van der Waals surface area contributed by atoms with E-state index >= 15 is 0 Å². The number of rotatable bonds is 3. The third kappa shape index (κ3) is 2.71. The van der Waals surface area contributed by atoms with E-state index in [0.717, 1.165) is 11.4 Å². The summed E-state index contributed by atoms with van der Waals surface area (Å²) >= 11 is 6.07. The van der Waals surface area contributed by atoms with Crippen molar-refractivity contribution in [2.45, 2.75) is 19.8 Å². The van der Waals surface area contributed by atoms with Crippen LogP contribution in [0.4, 0.5) is 0 Å². The zero-order valence-electron chi connectivity index (χ0n) is 11.6. The maximum absolute atomic E-state index is 6.07. The molecule has 0 aliphatic heterocycles. The molecule has 0 unspecified atom stereocenters. The molecule has 0 atom stereocenters. The molecular weight excluding hydrogens is 264 g/mol. The third-order valence-electron chi connectivity index (χ3n) is 3.63. The summed E-state index contributed by atoms with van der Waals surface area (Å²) < 4.78 is 0. The van der Waals surface area contributed by atoms with Crippen molar-refractivity contribution in [3.63, 3.8) is 0 Å². The first-order valence-electron chi connectivity index (χ1n) is 7.05. The summed E-state index contributed by atoms with van der Waals surface area (Å²) in [6, 6.07) is 21.4. The Bertz CT molecular complexity index is 726. The number of hydrogen-bond donors (Lipinski definition) is 0. The van der Waals surface area contributed by atoms with Crippen molar-refractivity contribution in [1.29, 1.82) is 0 Å². The molecule has 0 fully saturated rings. The van der Waals surface area contributed by atoms with Gasteiger partial charge in [0.05, 0.1) is 0 Å². The highest BCUT2D eigenvalue weighted by Crippen LogP contribution is 2.26. The SMILES string of the molecule is CCCc1ccc(-c2ccc3ccc(Cl)cc3c2)cc1. The molecule has 0 nitrogen and oxygen atoms in total. The lowest BCUT2D eigenvalue weighted by Crippen LogP contribution is -1.84. The Balaban J connectivity index is 2.00. The van der Waals surface area contributed by atoms with Crippen molar-refractivity contribution in [3.05, 3.63) is 71.2 Å². The predicted octanol–water partition coefficient (Wildman–Crippen LogP) is 6.11. The van der Waals surface area contributed by atoms with Crippen molar-refractivity contribution >= 4 is 22.4 Å². The lowest BCUT2D eigenvalue weighted by atomic mass is 9.99. The summed E-state index contributed by atoms with van der Waals surface area (Å²) in [6.07, 6.45) is 2.33. The van der Waals surface area contributed by atoms with E-state index in [1.54, 1.807) is 0 Å². The minimum absolute atomic E-state index is 0.785. The van der Waals surface area contributed by atoms with Crippen LogP contribution in [0.5, 0.6) is 0 Å². The van der Waals surface area contributed by atoms with Crippen LogP contribution in [0, 0.1) is 0 Å². The summed E-state index contributed by atoms with van der Waals surface area (Å²) in [7, 11) is 0. The van der Waals surface area contributed by atoms with Crippen LogP contribution in [0.25, 0.3) is 21.9 Å². The van der Waals surface area contributed by atoms with Gasteiger partial charge in [0.1, 0.15) is 0 Å². The van der Waals surface area contributed by atoms with E-state index in [-0.39, 0.29) is 0 Å².